The van der Waals surface area contributed by atoms with Gasteiger partial charge in [0, 0.05) is 6.54 Å². The molecule has 1 atom stereocenters. The highest BCUT2D eigenvalue weighted by Gasteiger charge is 2.09. The van der Waals surface area contributed by atoms with Crippen LogP contribution in [0.3, 0.4) is 0 Å². The first-order valence-corrected chi connectivity index (χ1v) is 5.68. The van der Waals surface area contributed by atoms with Gasteiger partial charge in [-0.15, -0.1) is 0 Å². The fourth-order valence-electron chi connectivity index (χ4n) is 1.52. The first-order chi connectivity index (χ1) is 6.26. The zero-order valence-corrected chi connectivity index (χ0v) is 9.42. The van der Waals surface area contributed by atoms with Gasteiger partial charge >= 0.3 is 0 Å². The molecule has 1 unspecified atom stereocenters. The van der Waals surface area contributed by atoms with Crippen LogP contribution in [0.5, 0.6) is 0 Å². The molecule has 0 aliphatic heterocycles. The zero-order chi connectivity index (χ0) is 10.1. The molecular weight excluding hydrogens is 162 g/mol. The Kier molecular flexibility index (Phi) is 8.46. The van der Waals surface area contributed by atoms with Crippen LogP contribution in [0.15, 0.2) is 0 Å². The zero-order valence-electron chi connectivity index (χ0n) is 9.42. The average molecular weight is 187 g/mol. The first-order valence-electron chi connectivity index (χ1n) is 5.68. The van der Waals surface area contributed by atoms with Crippen LogP contribution in [-0.4, -0.2) is 29.3 Å². The summed E-state index contributed by atoms with van der Waals surface area (Å²) in [6.45, 7) is 8.36. The number of aliphatic hydroxyl groups is 1. The van der Waals surface area contributed by atoms with Crippen LogP contribution < -0.4 is 0 Å². The Hall–Kier alpha value is -0.0800. The van der Waals surface area contributed by atoms with Crippen molar-refractivity contribution < 1.29 is 5.11 Å². The van der Waals surface area contributed by atoms with Gasteiger partial charge in [-0.1, -0.05) is 40.0 Å². The van der Waals surface area contributed by atoms with Gasteiger partial charge in [-0.25, -0.2) is 0 Å². The van der Waals surface area contributed by atoms with Crippen molar-refractivity contribution in [1.82, 2.24) is 4.90 Å². The average Bonchev–Trinajstić information content (AvgIpc) is 2.17. The second-order valence-corrected chi connectivity index (χ2v) is 3.58. The highest BCUT2D eigenvalue weighted by Crippen LogP contribution is 2.05. The molecule has 0 aliphatic carbocycles. The van der Waals surface area contributed by atoms with Crippen molar-refractivity contribution >= 4 is 0 Å². The Morgan fingerprint density at radius 3 is 2.23 bits per heavy atom. The van der Waals surface area contributed by atoms with Crippen molar-refractivity contribution in [2.75, 3.05) is 13.1 Å². The Balaban J connectivity index is 3.47. The summed E-state index contributed by atoms with van der Waals surface area (Å²) in [5, 5.41) is 9.60. The first kappa shape index (κ1) is 12.9. The summed E-state index contributed by atoms with van der Waals surface area (Å²) in [7, 11) is 0. The van der Waals surface area contributed by atoms with Gasteiger partial charge in [0.1, 0.15) is 6.23 Å². The molecule has 0 radical (unpaired) electrons. The molecule has 80 valence electrons. The van der Waals surface area contributed by atoms with E-state index in [1.165, 1.54) is 25.7 Å². The van der Waals surface area contributed by atoms with Gasteiger partial charge in [0.2, 0.25) is 0 Å². The van der Waals surface area contributed by atoms with E-state index in [2.05, 4.69) is 18.7 Å². The number of aliphatic hydroxyl groups excluding tert-OH is 1. The van der Waals surface area contributed by atoms with Gasteiger partial charge in [0.25, 0.3) is 0 Å². The van der Waals surface area contributed by atoms with E-state index in [9.17, 15) is 5.11 Å². The van der Waals surface area contributed by atoms with Gasteiger partial charge < -0.3 is 5.11 Å². The maximum absolute atomic E-state index is 9.60. The maximum Gasteiger partial charge on any atom is 0.107 e. The lowest BCUT2D eigenvalue weighted by Gasteiger charge is -2.25. The lowest BCUT2D eigenvalue weighted by molar-refractivity contribution is 0.00368. The molecule has 0 fully saturated rings. The van der Waals surface area contributed by atoms with Gasteiger partial charge in [0.05, 0.1) is 0 Å². The van der Waals surface area contributed by atoms with Gasteiger partial charge in [-0.2, -0.15) is 0 Å². The fourth-order valence-corrected chi connectivity index (χ4v) is 1.52. The summed E-state index contributed by atoms with van der Waals surface area (Å²) in [6.07, 6.45) is 5.72. The number of nitrogens with zero attached hydrogens (tertiary/aromatic N) is 1. The number of rotatable bonds is 8. The Bertz CT molecular complexity index is 106. The van der Waals surface area contributed by atoms with E-state index in [0.29, 0.717) is 0 Å². The highest BCUT2D eigenvalue weighted by atomic mass is 16.3. The van der Waals surface area contributed by atoms with Gasteiger partial charge in [-0.05, 0) is 19.4 Å². The summed E-state index contributed by atoms with van der Waals surface area (Å²) < 4.78 is 0. The van der Waals surface area contributed by atoms with E-state index >= 15 is 0 Å². The number of hydrogen-bond acceptors (Lipinski definition) is 2. The van der Waals surface area contributed by atoms with E-state index in [-0.39, 0.29) is 6.23 Å². The minimum Gasteiger partial charge on any atom is -0.378 e. The summed E-state index contributed by atoms with van der Waals surface area (Å²) in [5.74, 6) is 0. The summed E-state index contributed by atoms with van der Waals surface area (Å²) in [5.41, 5.74) is 0. The van der Waals surface area contributed by atoms with Crippen LogP contribution in [0, 0.1) is 0 Å². The normalized spacial score (nSPS) is 13.6. The quantitative estimate of drug-likeness (QED) is 0.466. The van der Waals surface area contributed by atoms with E-state index in [0.717, 1.165) is 19.5 Å². The van der Waals surface area contributed by atoms with E-state index in [4.69, 9.17) is 0 Å². The molecule has 0 aromatic rings. The molecule has 0 heterocycles. The topological polar surface area (TPSA) is 23.5 Å². The van der Waals surface area contributed by atoms with E-state index in [1.54, 1.807) is 0 Å². The maximum atomic E-state index is 9.60. The monoisotopic (exact) mass is 187 g/mol. The van der Waals surface area contributed by atoms with Crippen LogP contribution in [0.2, 0.25) is 0 Å². The van der Waals surface area contributed by atoms with Crippen molar-refractivity contribution in [3.8, 4) is 0 Å². The lowest BCUT2D eigenvalue weighted by Crippen LogP contribution is -2.35. The van der Waals surface area contributed by atoms with Crippen molar-refractivity contribution in [3.05, 3.63) is 0 Å². The Labute approximate surface area is 82.9 Å². The molecule has 0 aromatic heterocycles. The molecule has 0 saturated heterocycles. The fraction of sp³-hybridized carbons (Fsp3) is 1.00. The number of unbranched alkanes of at least 4 members (excludes halogenated alkanes) is 3. The second-order valence-electron chi connectivity index (χ2n) is 3.58. The smallest absolute Gasteiger partial charge is 0.107 e. The van der Waals surface area contributed by atoms with Crippen LogP contribution in [0.25, 0.3) is 0 Å². The Morgan fingerprint density at radius 2 is 1.77 bits per heavy atom. The molecule has 2 heteroatoms. The molecule has 13 heavy (non-hydrogen) atoms. The molecule has 0 aliphatic rings. The summed E-state index contributed by atoms with van der Waals surface area (Å²) in [6, 6.07) is 0. The molecule has 1 N–H and O–H groups in total. The van der Waals surface area contributed by atoms with Crippen molar-refractivity contribution in [2.24, 2.45) is 0 Å². The second kappa shape index (κ2) is 8.52. The molecule has 0 rings (SSSR count). The van der Waals surface area contributed by atoms with Crippen LogP contribution in [-0.2, 0) is 0 Å². The minimum absolute atomic E-state index is 0.230. The van der Waals surface area contributed by atoms with Crippen LogP contribution in [0.4, 0.5) is 0 Å². The molecule has 0 bridgehead atoms. The third kappa shape index (κ3) is 6.05. The van der Waals surface area contributed by atoms with Crippen LogP contribution >= 0.6 is 0 Å². The predicted molar refractivity (Wildman–Crippen MR) is 57.7 cm³/mol. The van der Waals surface area contributed by atoms with E-state index < -0.39 is 0 Å². The van der Waals surface area contributed by atoms with E-state index in [1.807, 2.05) is 6.92 Å². The molecular formula is C11H25NO. The molecule has 0 amide bonds. The van der Waals surface area contributed by atoms with Crippen molar-refractivity contribution in [2.45, 2.75) is 59.1 Å². The SMILES string of the molecule is CCCCCCN(CC)C(O)CC. The van der Waals surface area contributed by atoms with Gasteiger partial charge in [-0.3, -0.25) is 4.90 Å². The largest absolute Gasteiger partial charge is 0.378 e. The molecule has 0 aromatic carbocycles. The third-order valence-corrected chi connectivity index (χ3v) is 2.49. The van der Waals surface area contributed by atoms with Crippen LogP contribution in [0.1, 0.15) is 52.9 Å². The third-order valence-electron chi connectivity index (χ3n) is 2.49. The molecule has 0 saturated carbocycles. The lowest BCUT2D eigenvalue weighted by atomic mass is 10.2. The van der Waals surface area contributed by atoms with Gasteiger partial charge in [0.15, 0.2) is 0 Å². The van der Waals surface area contributed by atoms with Crippen molar-refractivity contribution in [3.63, 3.8) is 0 Å². The number of hydrogen-bond donors (Lipinski definition) is 1. The predicted octanol–water partition coefficient (Wildman–Crippen LogP) is 2.62. The summed E-state index contributed by atoms with van der Waals surface area (Å²) in [4.78, 5) is 2.15. The standard InChI is InChI=1S/C11H25NO/c1-4-7-8-9-10-12(6-3)11(13)5-2/h11,13H,4-10H2,1-3H3. The Morgan fingerprint density at radius 1 is 1.08 bits per heavy atom. The molecule has 2 nitrogen and oxygen atoms in total. The van der Waals surface area contributed by atoms with Crippen molar-refractivity contribution in [1.29, 1.82) is 0 Å². The highest BCUT2D eigenvalue weighted by molar-refractivity contribution is 4.58. The minimum atomic E-state index is -0.230. The summed E-state index contributed by atoms with van der Waals surface area (Å²) >= 11 is 0. The molecule has 0 spiro atoms.